The van der Waals surface area contributed by atoms with Crippen LogP contribution in [-0.2, 0) is 16.1 Å². The Morgan fingerprint density at radius 3 is 2.68 bits per heavy atom. The van der Waals surface area contributed by atoms with E-state index in [4.69, 9.17) is 9.52 Å². The predicted molar refractivity (Wildman–Crippen MR) is 68.6 cm³/mol. The molecule has 0 spiro atoms. The molecule has 1 amide bonds. The second-order valence-corrected chi connectivity index (χ2v) is 5.27. The molecule has 1 N–H and O–H groups in total. The number of rotatable bonds is 6. The van der Waals surface area contributed by atoms with E-state index in [1.54, 1.807) is 7.05 Å². The molecule has 0 radical (unpaired) electrons. The first kappa shape index (κ1) is 13.6. The van der Waals surface area contributed by atoms with Gasteiger partial charge in [-0.25, -0.2) is 0 Å². The molecule has 0 aliphatic heterocycles. The molecule has 5 heteroatoms. The lowest BCUT2D eigenvalue weighted by molar-refractivity contribution is -0.140. The molecule has 1 heterocycles. The summed E-state index contributed by atoms with van der Waals surface area (Å²) in [5.41, 5.74) is 0. The van der Waals surface area contributed by atoms with Crippen molar-refractivity contribution >= 4 is 11.9 Å². The van der Waals surface area contributed by atoms with Gasteiger partial charge in [0.05, 0.1) is 13.0 Å². The third kappa shape index (κ3) is 3.59. The average Bonchev–Trinajstić information content (AvgIpc) is 2.89. The van der Waals surface area contributed by atoms with Gasteiger partial charge < -0.3 is 14.4 Å². The maximum absolute atomic E-state index is 11.7. The number of carboxylic acids is 1. The fourth-order valence-electron chi connectivity index (χ4n) is 2.12. The van der Waals surface area contributed by atoms with Gasteiger partial charge in [0.2, 0.25) is 5.91 Å². The number of carboxylic acid groups (broad SMARTS) is 1. The molecule has 0 bridgehead atoms. The molecule has 0 aromatic carbocycles. The monoisotopic (exact) mass is 265 g/mol. The van der Waals surface area contributed by atoms with E-state index in [0.717, 1.165) is 11.5 Å². The third-order valence-electron chi connectivity index (χ3n) is 3.53. The molecule has 5 nitrogen and oxygen atoms in total. The van der Waals surface area contributed by atoms with Crippen LogP contribution in [0.5, 0.6) is 0 Å². The third-order valence-corrected chi connectivity index (χ3v) is 3.53. The minimum Gasteiger partial charge on any atom is -0.481 e. The largest absolute Gasteiger partial charge is 0.481 e. The molecule has 2 unspecified atom stereocenters. The van der Waals surface area contributed by atoms with Crippen LogP contribution in [-0.4, -0.2) is 28.9 Å². The van der Waals surface area contributed by atoms with Gasteiger partial charge in [-0.3, -0.25) is 9.59 Å². The lowest BCUT2D eigenvalue weighted by Gasteiger charge is -2.15. The Balaban J connectivity index is 1.84. The van der Waals surface area contributed by atoms with Gasteiger partial charge in [-0.2, -0.15) is 0 Å². The van der Waals surface area contributed by atoms with Gasteiger partial charge in [0.15, 0.2) is 0 Å². The highest BCUT2D eigenvalue weighted by Crippen LogP contribution is 2.47. The van der Waals surface area contributed by atoms with Crippen LogP contribution in [0.2, 0.25) is 0 Å². The quantitative estimate of drug-likeness (QED) is 0.856. The van der Waals surface area contributed by atoms with E-state index in [1.165, 1.54) is 11.3 Å². The van der Waals surface area contributed by atoms with Gasteiger partial charge in [0, 0.05) is 19.4 Å². The Kier molecular flexibility index (Phi) is 3.93. The van der Waals surface area contributed by atoms with Gasteiger partial charge in [-0.05, 0) is 24.5 Å². The topological polar surface area (TPSA) is 70.8 Å². The zero-order valence-electron chi connectivity index (χ0n) is 11.3. The summed E-state index contributed by atoms with van der Waals surface area (Å²) in [5.74, 6) is 1.83. The van der Waals surface area contributed by atoms with Crippen LogP contribution in [0, 0.1) is 5.92 Å². The van der Waals surface area contributed by atoms with Crippen molar-refractivity contribution in [3.63, 3.8) is 0 Å². The highest BCUT2D eigenvalue weighted by atomic mass is 16.4. The molecule has 1 aliphatic rings. The van der Waals surface area contributed by atoms with Gasteiger partial charge >= 0.3 is 5.97 Å². The van der Waals surface area contributed by atoms with Crippen LogP contribution in [0.25, 0.3) is 0 Å². The fourth-order valence-corrected chi connectivity index (χ4v) is 2.12. The maximum Gasteiger partial charge on any atom is 0.303 e. The molecule has 1 fully saturated rings. The Morgan fingerprint density at radius 1 is 1.42 bits per heavy atom. The highest BCUT2D eigenvalue weighted by molar-refractivity contribution is 5.80. The van der Waals surface area contributed by atoms with Crippen LogP contribution in [0.4, 0.5) is 0 Å². The Labute approximate surface area is 112 Å². The number of carbonyl (C=O) groups is 2. The van der Waals surface area contributed by atoms with Gasteiger partial charge in [-0.1, -0.05) is 6.92 Å². The predicted octanol–water partition coefficient (Wildman–Crippen LogP) is 2.23. The van der Waals surface area contributed by atoms with Gasteiger partial charge in [0.25, 0.3) is 0 Å². The zero-order chi connectivity index (χ0) is 14.0. The highest BCUT2D eigenvalue weighted by Gasteiger charge is 2.36. The van der Waals surface area contributed by atoms with Crippen LogP contribution >= 0.6 is 0 Å². The van der Waals surface area contributed by atoms with Crippen LogP contribution in [0.15, 0.2) is 16.5 Å². The van der Waals surface area contributed by atoms with E-state index >= 15 is 0 Å². The summed E-state index contributed by atoms with van der Waals surface area (Å²) in [6, 6.07) is 3.86. The zero-order valence-corrected chi connectivity index (χ0v) is 11.3. The molecule has 1 saturated carbocycles. The molecule has 1 aromatic heterocycles. The van der Waals surface area contributed by atoms with Crippen molar-refractivity contribution in [2.75, 3.05) is 7.05 Å². The summed E-state index contributed by atoms with van der Waals surface area (Å²) >= 11 is 0. The fraction of sp³-hybridized carbons (Fsp3) is 0.571. The summed E-state index contributed by atoms with van der Waals surface area (Å²) in [6.07, 6.45) is 1.06. The van der Waals surface area contributed by atoms with E-state index < -0.39 is 5.97 Å². The van der Waals surface area contributed by atoms with Crippen molar-refractivity contribution in [1.82, 2.24) is 4.90 Å². The molecular weight excluding hydrogens is 246 g/mol. The van der Waals surface area contributed by atoms with Crippen molar-refractivity contribution < 1.29 is 19.1 Å². The average molecular weight is 265 g/mol. The Bertz CT molecular complexity index is 480. The summed E-state index contributed by atoms with van der Waals surface area (Å²) in [7, 11) is 1.66. The molecule has 0 saturated heterocycles. The van der Waals surface area contributed by atoms with E-state index in [-0.39, 0.29) is 18.7 Å². The summed E-state index contributed by atoms with van der Waals surface area (Å²) in [4.78, 5) is 23.6. The van der Waals surface area contributed by atoms with Crippen molar-refractivity contribution in [2.24, 2.45) is 5.92 Å². The van der Waals surface area contributed by atoms with Crippen molar-refractivity contribution in [3.8, 4) is 0 Å². The molecular formula is C14H19NO4. The summed E-state index contributed by atoms with van der Waals surface area (Å²) in [5, 5.41) is 8.54. The number of aliphatic carboxylic acids is 1. The van der Waals surface area contributed by atoms with E-state index in [0.29, 0.717) is 18.4 Å². The normalized spacial score (nSPS) is 21.2. The molecule has 2 atom stereocenters. The first-order valence-corrected chi connectivity index (χ1v) is 6.51. The Hall–Kier alpha value is -1.78. The minimum atomic E-state index is -0.954. The number of furan rings is 1. The number of amides is 1. The number of carbonyl (C=O) groups excluding carboxylic acids is 1. The van der Waals surface area contributed by atoms with Crippen LogP contribution < -0.4 is 0 Å². The SMILES string of the molecule is CC1CC1c1ccc(CN(C)C(=O)CCC(=O)O)o1. The smallest absolute Gasteiger partial charge is 0.303 e. The van der Waals surface area contributed by atoms with E-state index in [9.17, 15) is 9.59 Å². The molecule has 19 heavy (non-hydrogen) atoms. The van der Waals surface area contributed by atoms with Crippen molar-refractivity contribution in [3.05, 3.63) is 23.7 Å². The van der Waals surface area contributed by atoms with E-state index in [2.05, 4.69) is 6.92 Å². The Morgan fingerprint density at radius 2 is 2.11 bits per heavy atom. The lowest BCUT2D eigenvalue weighted by Crippen LogP contribution is -2.26. The molecule has 104 valence electrons. The van der Waals surface area contributed by atoms with Crippen molar-refractivity contribution in [1.29, 1.82) is 0 Å². The lowest BCUT2D eigenvalue weighted by atomic mass is 10.2. The van der Waals surface area contributed by atoms with Gasteiger partial charge in [-0.15, -0.1) is 0 Å². The summed E-state index contributed by atoms with van der Waals surface area (Å²) < 4.78 is 5.71. The number of hydrogen-bond donors (Lipinski definition) is 1. The molecule has 1 aromatic rings. The number of hydrogen-bond acceptors (Lipinski definition) is 3. The standard InChI is InChI=1S/C14H19NO4/c1-9-7-11(9)12-4-3-10(19-12)8-15(2)13(16)5-6-14(17)18/h3-4,9,11H,5-8H2,1-2H3,(H,17,18). The molecule has 1 aliphatic carbocycles. The van der Waals surface area contributed by atoms with Crippen LogP contribution in [0.1, 0.15) is 43.6 Å². The van der Waals surface area contributed by atoms with Crippen LogP contribution in [0.3, 0.4) is 0 Å². The number of nitrogens with zero attached hydrogens (tertiary/aromatic N) is 1. The van der Waals surface area contributed by atoms with Crippen molar-refractivity contribution in [2.45, 2.75) is 38.6 Å². The minimum absolute atomic E-state index is 0.0268. The first-order valence-electron chi connectivity index (χ1n) is 6.51. The first-order chi connectivity index (χ1) is 8.97. The second kappa shape index (κ2) is 5.47. The molecule has 2 rings (SSSR count). The second-order valence-electron chi connectivity index (χ2n) is 5.27. The maximum atomic E-state index is 11.7. The van der Waals surface area contributed by atoms with Gasteiger partial charge in [0.1, 0.15) is 11.5 Å². The van der Waals surface area contributed by atoms with E-state index in [1.807, 2.05) is 12.1 Å². The summed E-state index contributed by atoms with van der Waals surface area (Å²) in [6.45, 7) is 2.58.